The Labute approximate surface area is 167 Å². The highest BCUT2D eigenvalue weighted by atomic mass is 32.2. The first-order valence-electron chi connectivity index (χ1n) is 8.55. The average Bonchev–Trinajstić information content (AvgIpc) is 2.61. The maximum Gasteiger partial charge on any atom is 0.329 e. The first kappa shape index (κ1) is 23.4. The molecule has 1 atom stereocenters. The van der Waals surface area contributed by atoms with E-state index in [1.54, 1.807) is 20.8 Å². The van der Waals surface area contributed by atoms with Gasteiger partial charge in [-0.25, -0.2) is 4.79 Å². The van der Waals surface area contributed by atoms with Crippen LogP contribution in [0.5, 0.6) is 0 Å². The van der Waals surface area contributed by atoms with Crippen molar-refractivity contribution in [2.45, 2.75) is 38.8 Å². The molecule has 1 aromatic rings. The van der Waals surface area contributed by atoms with E-state index in [4.69, 9.17) is 4.74 Å². The van der Waals surface area contributed by atoms with Gasteiger partial charge in [-0.1, -0.05) is 6.07 Å². The van der Waals surface area contributed by atoms with Gasteiger partial charge in [0.2, 0.25) is 0 Å². The molecule has 0 radical (unpaired) electrons. The molecule has 0 aliphatic carbocycles. The molecule has 28 heavy (non-hydrogen) atoms. The monoisotopic (exact) mass is 411 g/mol. The number of hydrogen-bond acceptors (Lipinski definition) is 7. The largest absolute Gasteiger partial charge is 0.454 e. The SMILES string of the molecule is CSCC[C@H](NC(=O)c1cccc([N+](=O)[O-])c1)C(=O)OCC(=O)NC(C)(C)C. The van der Waals surface area contributed by atoms with Gasteiger partial charge >= 0.3 is 5.97 Å². The summed E-state index contributed by atoms with van der Waals surface area (Å²) in [4.78, 5) is 46.8. The van der Waals surface area contributed by atoms with Crippen LogP contribution in [-0.4, -0.2) is 52.9 Å². The number of nitrogens with zero attached hydrogens (tertiary/aromatic N) is 1. The van der Waals surface area contributed by atoms with Gasteiger partial charge in [0.25, 0.3) is 17.5 Å². The third-order valence-electron chi connectivity index (χ3n) is 3.38. The Morgan fingerprint density at radius 1 is 1.29 bits per heavy atom. The van der Waals surface area contributed by atoms with Crippen molar-refractivity contribution in [2.75, 3.05) is 18.6 Å². The quantitative estimate of drug-likeness (QED) is 0.361. The van der Waals surface area contributed by atoms with E-state index in [0.29, 0.717) is 12.2 Å². The number of amides is 2. The lowest BCUT2D eigenvalue weighted by Crippen LogP contribution is -2.45. The zero-order valence-electron chi connectivity index (χ0n) is 16.3. The van der Waals surface area contributed by atoms with Crippen molar-refractivity contribution in [2.24, 2.45) is 0 Å². The third-order valence-corrected chi connectivity index (χ3v) is 4.02. The van der Waals surface area contributed by atoms with E-state index in [0.717, 1.165) is 6.07 Å². The Morgan fingerprint density at radius 2 is 1.96 bits per heavy atom. The van der Waals surface area contributed by atoms with Crippen LogP contribution in [0.1, 0.15) is 37.6 Å². The topological polar surface area (TPSA) is 128 Å². The first-order valence-corrected chi connectivity index (χ1v) is 9.95. The highest BCUT2D eigenvalue weighted by Gasteiger charge is 2.24. The number of carbonyl (C=O) groups excluding carboxylic acids is 3. The van der Waals surface area contributed by atoms with Gasteiger partial charge < -0.3 is 15.4 Å². The van der Waals surface area contributed by atoms with Crippen molar-refractivity contribution in [3.8, 4) is 0 Å². The lowest BCUT2D eigenvalue weighted by Gasteiger charge is -2.21. The molecule has 0 bridgehead atoms. The van der Waals surface area contributed by atoms with E-state index in [9.17, 15) is 24.5 Å². The number of nitro groups is 1. The molecule has 2 amide bonds. The van der Waals surface area contributed by atoms with E-state index in [1.165, 1.54) is 30.0 Å². The van der Waals surface area contributed by atoms with Crippen LogP contribution in [0.15, 0.2) is 24.3 Å². The number of nitro benzene ring substituents is 1. The van der Waals surface area contributed by atoms with Crippen LogP contribution < -0.4 is 10.6 Å². The highest BCUT2D eigenvalue weighted by molar-refractivity contribution is 7.98. The minimum Gasteiger partial charge on any atom is -0.454 e. The summed E-state index contributed by atoms with van der Waals surface area (Å²) < 4.78 is 5.02. The normalized spacial score (nSPS) is 12.0. The third kappa shape index (κ3) is 8.38. The summed E-state index contributed by atoms with van der Waals surface area (Å²) in [5, 5.41) is 16.0. The maximum atomic E-state index is 12.4. The van der Waals surface area contributed by atoms with Crippen molar-refractivity contribution < 1.29 is 24.0 Å². The fourth-order valence-corrected chi connectivity index (χ4v) is 2.65. The van der Waals surface area contributed by atoms with Crippen LogP contribution in [0.3, 0.4) is 0 Å². The lowest BCUT2D eigenvalue weighted by atomic mass is 10.1. The Balaban J connectivity index is 2.77. The highest BCUT2D eigenvalue weighted by Crippen LogP contribution is 2.13. The van der Waals surface area contributed by atoms with Gasteiger partial charge in [0.05, 0.1) is 4.92 Å². The molecule has 0 saturated heterocycles. The first-order chi connectivity index (χ1) is 13.0. The number of rotatable bonds is 9. The van der Waals surface area contributed by atoms with Gasteiger partial charge in [-0.15, -0.1) is 0 Å². The molecule has 0 saturated carbocycles. The molecule has 0 aliphatic heterocycles. The van der Waals surface area contributed by atoms with Gasteiger partial charge in [0, 0.05) is 23.2 Å². The van der Waals surface area contributed by atoms with Gasteiger partial charge in [0.15, 0.2) is 6.61 Å². The molecular formula is C18H25N3O6S. The molecule has 0 aliphatic rings. The van der Waals surface area contributed by atoms with Crippen molar-refractivity contribution in [1.82, 2.24) is 10.6 Å². The van der Waals surface area contributed by atoms with Gasteiger partial charge in [-0.05, 0) is 45.3 Å². The molecule has 9 nitrogen and oxygen atoms in total. The zero-order chi connectivity index (χ0) is 21.3. The van der Waals surface area contributed by atoms with Gasteiger partial charge in [-0.3, -0.25) is 19.7 Å². The summed E-state index contributed by atoms with van der Waals surface area (Å²) >= 11 is 1.48. The van der Waals surface area contributed by atoms with Crippen molar-refractivity contribution in [3.05, 3.63) is 39.9 Å². The smallest absolute Gasteiger partial charge is 0.329 e. The van der Waals surface area contributed by atoms with Crippen molar-refractivity contribution in [1.29, 1.82) is 0 Å². The molecule has 2 N–H and O–H groups in total. The summed E-state index contributed by atoms with van der Waals surface area (Å²) in [6, 6.07) is 4.23. The predicted octanol–water partition coefficient (Wildman–Crippen LogP) is 1.90. The van der Waals surface area contributed by atoms with Crippen molar-refractivity contribution >= 4 is 35.2 Å². The summed E-state index contributed by atoms with van der Waals surface area (Å²) in [5.74, 6) is -1.25. The Hall–Kier alpha value is -2.62. The van der Waals surface area contributed by atoms with Crippen LogP contribution in [-0.2, 0) is 14.3 Å². The van der Waals surface area contributed by atoms with E-state index in [1.807, 2.05) is 6.26 Å². The molecule has 0 fully saturated rings. The number of ether oxygens (including phenoxy) is 1. The fourth-order valence-electron chi connectivity index (χ4n) is 2.18. The molecule has 0 aromatic heterocycles. The van der Waals surface area contributed by atoms with E-state index in [2.05, 4.69) is 10.6 Å². The molecule has 1 rings (SSSR count). The lowest BCUT2D eigenvalue weighted by molar-refractivity contribution is -0.384. The second-order valence-electron chi connectivity index (χ2n) is 7.02. The molecule has 10 heteroatoms. The van der Waals surface area contributed by atoms with Gasteiger partial charge in [0.1, 0.15) is 6.04 Å². The Bertz CT molecular complexity index is 732. The van der Waals surface area contributed by atoms with E-state index >= 15 is 0 Å². The summed E-state index contributed by atoms with van der Waals surface area (Å²) in [6.07, 6.45) is 2.14. The summed E-state index contributed by atoms with van der Waals surface area (Å²) in [5.41, 5.74) is -0.630. The second kappa shape index (κ2) is 10.6. The standard InChI is InChI=1S/C18H25N3O6S/c1-18(2,3)20-15(22)11-27-17(24)14(8-9-28-4)19-16(23)12-6-5-7-13(10-12)21(25)26/h5-7,10,14H,8-9,11H2,1-4H3,(H,19,23)(H,20,22)/t14-/m0/s1. The summed E-state index contributed by atoms with van der Waals surface area (Å²) in [7, 11) is 0. The molecule has 0 spiro atoms. The molecule has 0 heterocycles. The average molecular weight is 411 g/mol. The molecule has 1 aromatic carbocycles. The molecule has 0 unspecified atom stereocenters. The van der Waals surface area contributed by atoms with Gasteiger partial charge in [-0.2, -0.15) is 11.8 Å². The number of carbonyl (C=O) groups is 3. The van der Waals surface area contributed by atoms with Crippen LogP contribution in [0.25, 0.3) is 0 Å². The number of esters is 1. The fraction of sp³-hybridized carbons (Fsp3) is 0.500. The van der Waals surface area contributed by atoms with Crippen LogP contribution in [0.4, 0.5) is 5.69 Å². The number of non-ortho nitro benzene ring substituents is 1. The van der Waals surface area contributed by atoms with E-state index < -0.39 is 40.9 Å². The Morgan fingerprint density at radius 3 is 2.54 bits per heavy atom. The number of hydrogen-bond donors (Lipinski definition) is 2. The van der Waals surface area contributed by atoms with Crippen LogP contribution in [0.2, 0.25) is 0 Å². The minimum absolute atomic E-state index is 0.0571. The molecular weight excluding hydrogens is 386 g/mol. The number of nitrogens with one attached hydrogen (secondary N) is 2. The number of benzene rings is 1. The zero-order valence-corrected chi connectivity index (χ0v) is 17.1. The number of thioether (sulfide) groups is 1. The minimum atomic E-state index is -0.971. The van der Waals surface area contributed by atoms with Crippen LogP contribution >= 0.6 is 11.8 Å². The molecule has 154 valence electrons. The Kier molecular flexibility index (Phi) is 8.90. The maximum absolute atomic E-state index is 12.4. The van der Waals surface area contributed by atoms with Crippen molar-refractivity contribution in [3.63, 3.8) is 0 Å². The van der Waals surface area contributed by atoms with E-state index in [-0.39, 0.29) is 11.3 Å². The predicted molar refractivity (Wildman–Crippen MR) is 106 cm³/mol. The van der Waals surface area contributed by atoms with Crippen LogP contribution in [0, 0.1) is 10.1 Å². The second-order valence-corrected chi connectivity index (χ2v) is 8.01. The summed E-state index contributed by atoms with van der Waals surface area (Å²) in [6.45, 7) is 4.94.